The molecule has 1 amide bonds. The summed E-state index contributed by atoms with van der Waals surface area (Å²) < 4.78 is 5.58. The van der Waals surface area contributed by atoms with E-state index in [1.165, 1.54) is 24.0 Å². The van der Waals surface area contributed by atoms with Gasteiger partial charge < -0.3 is 15.2 Å². The number of carbonyl (C=O) groups excluding carboxylic acids is 1. The summed E-state index contributed by atoms with van der Waals surface area (Å²) in [7, 11) is 0. The third-order valence-corrected chi connectivity index (χ3v) is 3.89. The molecule has 0 radical (unpaired) electrons. The smallest absolute Gasteiger partial charge is 0.258 e. The zero-order valence-corrected chi connectivity index (χ0v) is 12.7. The lowest BCUT2D eigenvalue weighted by molar-refractivity contribution is -0.123. The Labute approximate surface area is 126 Å². The number of fused-ring (bicyclic) bond motifs is 1. The second kappa shape index (κ2) is 8.03. The van der Waals surface area contributed by atoms with Crippen molar-refractivity contribution in [2.45, 2.75) is 51.5 Å². The van der Waals surface area contributed by atoms with E-state index < -0.39 is 0 Å². The molecular weight excluding hydrogens is 266 g/mol. The fraction of sp³-hybridized carbons (Fsp3) is 0.588. The van der Waals surface area contributed by atoms with Gasteiger partial charge in [-0.05, 0) is 68.7 Å². The second-order valence-electron chi connectivity index (χ2n) is 5.76. The summed E-state index contributed by atoms with van der Waals surface area (Å²) in [5.41, 5.74) is 2.77. The molecule has 2 rings (SSSR count). The van der Waals surface area contributed by atoms with Gasteiger partial charge in [-0.25, -0.2) is 0 Å². The molecule has 1 aromatic carbocycles. The van der Waals surface area contributed by atoms with Crippen molar-refractivity contribution in [1.82, 2.24) is 5.32 Å². The molecule has 0 saturated heterocycles. The van der Waals surface area contributed by atoms with E-state index in [9.17, 15) is 4.79 Å². The first-order valence-electron chi connectivity index (χ1n) is 7.84. The summed E-state index contributed by atoms with van der Waals surface area (Å²) >= 11 is 0. The van der Waals surface area contributed by atoms with Crippen LogP contribution in [0.2, 0.25) is 0 Å². The number of aliphatic hydroxyl groups is 1. The van der Waals surface area contributed by atoms with Crippen molar-refractivity contribution >= 4 is 5.91 Å². The van der Waals surface area contributed by atoms with E-state index in [1.807, 2.05) is 13.0 Å². The molecule has 0 aliphatic heterocycles. The Bertz CT molecular complexity index is 473. The molecule has 0 aromatic heterocycles. The summed E-state index contributed by atoms with van der Waals surface area (Å²) in [5, 5.41) is 11.6. The zero-order valence-electron chi connectivity index (χ0n) is 12.7. The minimum absolute atomic E-state index is 0.0439. The van der Waals surface area contributed by atoms with Crippen LogP contribution in [0, 0.1) is 0 Å². The molecule has 1 aliphatic carbocycles. The van der Waals surface area contributed by atoms with Gasteiger partial charge in [-0.15, -0.1) is 0 Å². The first-order chi connectivity index (χ1) is 10.2. The van der Waals surface area contributed by atoms with Crippen LogP contribution in [0.25, 0.3) is 0 Å². The lowest BCUT2D eigenvalue weighted by Crippen LogP contribution is -2.36. The first kappa shape index (κ1) is 15.8. The predicted molar refractivity (Wildman–Crippen MR) is 82.5 cm³/mol. The van der Waals surface area contributed by atoms with Gasteiger partial charge in [0, 0.05) is 12.6 Å². The lowest BCUT2D eigenvalue weighted by Gasteiger charge is -2.17. The molecule has 116 valence electrons. The normalized spacial score (nSPS) is 15.1. The van der Waals surface area contributed by atoms with E-state index in [4.69, 9.17) is 9.84 Å². The van der Waals surface area contributed by atoms with Crippen LogP contribution >= 0.6 is 0 Å². The zero-order chi connectivity index (χ0) is 15.1. The molecule has 21 heavy (non-hydrogen) atoms. The van der Waals surface area contributed by atoms with Gasteiger partial charge in [-0.3, -0.25) is 4.79 Å². The van der Waals surface area contributed by atoms with Crippen LogP contribution in [0.5, 0.6) is 5.75 Å². The fourth-order valence-corrected chi connectivity index (χ4v) is 2.73. The Morgan fingerprint density at radius 1 is 1.33 bits per heavy atom. The third-order valence-electron chi connectivity index (χ3n) is 3.89. The van der Waals surface area contributed by atoms with Crippen molar-refractivity contribution in [1.29, 1.82) is 0 Å². The van der Waals surface area contributed by atoms with Crippen molar-refractivity contribution in [3.8, 4) is 5.75 Å². The average Bonchev–Trinajstić information content (AvgIpc) is 2.50. The monoisotopic (exact) mass is 291 g/mol. The quantitative estimate of drug-likeness (QED) is 0.810. The van der Waals surface area contributed by atoms with Gasteiger partial charge in [-0.2, -0.15) is 0 Å². The topological polar surface area (TPSA) is 58.6 Å². The van der Waals surface area contributed by atoms with Crippen molar-refractivity contribution in [2.24, 2.45) is 0 Å². The predicted octanol–water partition coefficient (Wildman–Crippen LogP) is 2.22. The molecular formula is C17H25NO3. The molecule has 0 heterocycles. The van der Waals surface area contributed by atoms with Gasteiger partial charge in [0.05, 0.1) is 0 Å². The Kier molecular flexibility index (Phi) is 6.05. The molecule has 0 bridgehead atoms. The molecule has 0 spiro atoms. The van der Waals surface area contributed by atoms with Crippen LogP contribution in [-0.4, -0.2) is 30.3 Å². The number of carbonyl (C=O) groups is 1. The molecule has 0 saturated carbocycles. The van der Waals surface area contributed by atoms with Crippen LogP contribution in [0.15, 0.2) is 18.2 Å². The first-order valence-corrected chi connectivity index (χ1v) is 7.84. The molecule has 4 nitrogen and oxygen atoms in total. The number of hydrogen-bond donors (Lipinski definition) is 2. The SMILES string of the molecule is CC(CCCO)NC(=O)COc1ccc2c(c1)CCCC2. The highest BCUT2D eigenvalue weighted by Gasteiger charge is 2.11. The summed E-state index contributed by atoms with van der Waals surface area (Å²) in [5.74, 6) is 0.659. The maximum absolute atomic E-state index is 11.8. The van der Waals surface area contributed by atoms with Gasteiger partial charge >= 0.3 is 0 Å². The maximum Gasteiger partial charge on any atom is 0.258 e. The number of hydrogen-bond acceptors (Lipinski definition) is 3. The molecule has 1 atom stereocenters. The maximum atomic E-state index is 11.8. The minimum atomic E-state index is -0.113. The summed E-state index contributed by atoms with van der Waals surface area (Å²) in [4.78, 5) is 11.8. The number of benzene rings is 1. The van der Waals surface area contributed by atoms with Crippen molar-refractivity contribution in [2.75, 3.05) is 13.2 Å². The summed E-state index contributed by atoms with van der Waals surface area (Å²) in [6.07, 6.45) is 6.24. The van der Waals surface area contributed by atoms with Gasteiger partial charge in [0.2, 0.25) is 0 Å². The Hall–Kier alpha value is -1.55. The average molecular weight is 291 g/mol. The molecule has 1 unspecified atom stereocenters. The van der Waals surface area contributed by atoms with Crippen LogP contribution in [-0.2, 0) is 17.6 Å². The molecule has 2 N–H and O–H groups in total. The van der Waals surface area contributed by atoms with Crippen molar-refractivity contribution in [3.63, 3.8) is 0 Å². The highest BCUT2D eigenvalue weighted by molar-refractivity contribution is 5.77. The number of aliphatic hydroxyl groups excluding tert-OH is 1. The van der Waals surface area contributed by atoms with Gasteiger partial charge in [0.1, 0.15) is 5.75 Å². The second-order valence-corrected chi connectivity index (χ2v) is 5.76. The highest BCUT2D eigenvalue weighted by atomic mass is 16.5. The number of aryl methyl sites for hydroxylation is 2. The minimum Gasteiger partial charge on any atom is -0.484 e. The van der Waals surface area contributed by atoms with Gasteiger partial charge in [-0.1, -0.05) is 6.07 Å². The van der Waals surface area contributed by atoms with Crippen molar-refractivity contribution in [3.05, 3.63) is 29.3 Å². The van der Waals surface area contributed by atoms with Gasteiger partial charge in [0.25, 0.3) is 5.91 Å². The lowest BCUT2D eigenvalue weighted by atomic mass is 9.92. The van der Waals surface area contributed by atoms with E-state index in [-0.39, 0.29) is 25.2 Å². The Morgan fingerprint density at radius 2 is 2.10 bits per heavy atom. The largest absolute Gasteiger partial charge is 0.484 e. The molecule has 1 aliphatic rings. The number of amides is 1. The molecule has 0 fully saturated rings. The number of nitrogens with one attached hydrogen (secondary N) is 1. The van der Waals surface area contributed by atoms with Crippen LogP contribution in [0.1, 0.15) is 43.7 Å². The number of ether oxygens (including phenoxy) is 1. The van der Waals surface area contributed by atoms with Gasteiger partial charge in [0.15, 0.2) is 6.61 Å². The Balaban J connectivity index is 1.78. The molecule has 4 heteroatoms. The van der Waals surface area contributed by atoms with E-state index >= 15 is 0 Å². The van der Waals surface area contributed by atoms with Crippen LogP contribution in [0.4, 0.5) is 0 Å². The van der Waals surface area contributed by atoms with Crippen molar-refractivity contribution < 1.29 is 14.6 Å². The van der Waals surface area contributed by atoms with E-state index in [1.54, 1.807) is 0 Å². The van der Waals surface area contributed by atoms with Crippen LogP contribution < -0.4 is 10.1 Å². The summed E-state index contributed by atoms with van der Waals surface area (Å²) in [6.45, 7) is 2.14. The highest BCUT2D eigenvalue weighted by Crippen LogP contribution is 2.25. The van der Waals surface area contributed by atoms with Crippen LogP contribution in [0.3, 0.4) is 0 Å². The van der Waals surface area contributed by atoms with E-state index in [0.717, 1.165) is 25.0 Å². The standard InChI is InChI=1S/C17H25NO3/c1-13(5-4-10-19)18-17(20)12-21-16-9-8-14-6-2-3-7-15(14)11-16/h8-9,11,13,19H,2-7,10,12H2,1H3,(H,18,20). The van der Waals surface area contributed by atoms with E-state index in [2.05, 4.69) is 17.4 Å². The number of rotatable bonds is 7. The summed E-state index contributed by atoms with van der Waals surface area (Å²) in [6, 6.07) is 6.20. The molecule has 1 aromatic rings. The third kappa shape index (κ3) is 5.05. The Morgan fingerprint density at radius 3 is 2.86 bits per heavy atom. The fourth-order valence-electron chi connectivity index (χ4n) is 2.73. The van der Waals surface area contributed by atoms with E-state index in [0.29, 0.717) is 6.42 Å².